The first-order valence-electron chi connectivity index (χ1n) is 6.01. The summed E-state index contributed by atoms with van der Waals surface area (Å²) in [6.45, 7) is 1.34. The number of carbonyl (C=O) groups is 2. The summed E-state index contributed by atoms with van der Waals surface area (Å²) in [6.07, 6.45) is 0. The molecule has 0 heterocycles. The lowest BCUT2D eigenvalue weighted by Crippen LogP contribution is -2.36. The van der Waals surface area contributed by atoms with Crippen molar-refractivity contribution in [2.24, 2.45) is 0 Å². The molecular formula is C13H18ClN3O3. The zero-order chi connectivity index (χ0) is 15.3. The standard InChI is InChI=1S/C13H18ClN3O3/c1-16(2)6-7-17(3)13(20)15-9-4-5-10(12(18)19)11(14)8-9/h4-5,8H,6-7H2,1-3H3,(H,15,20)(H,18,19). The molecule has 0 saturated carbocycles. The van der Waals surface area contributed by atoms with Crippen molar-refractivity contribution in [2.75, 3.05) is 39.5 Å². The van der Waals surface area contributed by atoms with E-state index in [1.54, 1.807) is 11.9 Å². The molecular weight excluding hydrogens is 282 g/mol. The number of rotatable bonds is 5. The van der Waals surface area contributed by atoms with E-state index < -0.39 is 5.97 Å². The van der Waals surface area contributed by atoms with Crippen LogP contribution in [-0.2, 0) is 0 Å². The van der Waals surface area contributed by atoms with Gasteiger partial charge in [0.25, 0.3) is 0 Å². The Labute approximate surface area is 122 Å². The second-order valence-electron chi connectivity index (χ2n) is 4.65. The summed E-state index contributed by atoms with van der Waals surface area (Å²) in [6, 6.07) is 4.02. The zero-order valence-electron chi connectivity index (χ0n) is 11.7. The molecule has 20 heavy (non-hydrogen) atoms. The summed E-state index contributed by atoms with van der Waals surface area (Å²) in [5.41, 5.74) is 0.465. The molecule has 110 valence electrons. The van der Waals surface area contributed by atoms with Crippen LogP contribution < -0.4 is 5.32 Å². The van der Waals surface area contributed by atoms with Crippen LogP contribution in [0.5, 0.6) is 0 Å². The Morgan fingerprint density at radius 2 is 1.90 bits per heavy atom. The molecule has 2 N–H and O–H groups in total. The summed E-state index contributed by atoms with van der Waals surface area (Å²) in [5, 5.41) is 11.6. The van der Waals surface area contributed by atoms with Crippen LogP contribution >= 0.6 is 11.6 Å². The number of aromatic carboxylic acids is 1. The van der Waals surface area contributed by atoms with Crippen LogP contribution in [0.25, 0.3) is 0 Å². The average Bonchev–Trinajstić information content (AvgIpc) is 2.35. The van der Waals surface area contributed by atoms with Gasteiger partial charge in [-0.2, -0.15) is 0 Å². The van der Waals surface area contributed by atoms with Crippen molar-refractivity contribution >= 4 is 29.3 Å². The van der Waals surface area contributed by atoms with Gasteiger partial charge in [0.1, 0.15) is 0 Å². The molecule has 0 atom stereocenters. The number of carboxylic acids is 1. The predicted molar refractivity (Wildman–Crippen MR) is 78.6 cm³/mol. The fourth-order valence-corrected chi connectivity index (χ4v) is 1.70. The molecule has 0 fully saturated rings. The third-order valence-corrected chi connectivity index (χ3v) is 2.99. The largest absolute Gasteiger partial charge is 0.478 e. The molecule has 6 nitrogen and oxygen atoms in total. The van der Waals surface area contributed by atoms with Gasteiger partial charge in [0, 0.05) is 25.8 Å². The van der Waals surface area contributed by atoms with E-state index in [2.05, 4.69) is 5.32 Å². The van der Waals surface area contributed by atoms with Crippen LogP contribution in [0.2, 0.25) is 5.02 Å². The molecule has 2 amide bonds. The van der Waals surface area contributed by atoms with E-state index in [0.717, 1.165) is 6.54 Å². The minimum atomic E-state index is -1.10. The maximum atomic E-state index is 11.9. The third kappa shape index (κ3) is 4.71. The molecule has 1 rings (SSSR count). The van der Waals surface area contributed by atoms with E-state index in [-0.39, 0.29) is 16.6 Å². The minimum absolute atomic E-state index is 0.00521. The smallest absolute Gasteiger partial charge is 0.337 e. The Kier molecular flexibility index (Phi) is 5.79. The molecule has 0 aliphatic heterocycles. The molecule has 1 aromatic carbocycles. The van der Waals surface area contributed by atoms with E-state index in [0.29, 0.717) is 12.2 Å². The van der Waals surface area contributed by atoms with Crippen LogP contribution in [0, 0.1) is 0 Å². The van der Waals surface area contributed by atoms with E-state index in [4.69, 9.17) is 16.7 Å². The van der Waals surface area contributed by atoms with Crippen molar-refractivity contribution < 1.29 is 14.7 Å². The first-order valence-corrected chi connectivity index (χ1v) is 6.38. The third-order valence-electron chi connectivity index (χ3n) is 2.68. The van der Waals surface area contributed by atoms with Crippen molar-refractivity contribution in [1.82, 2.24) is 9.80 Å². The van der Waals surface area contributed by atoms with E-state index >= 15 is 0 Å². The minimum Gasteiger partial charge on any atom is -0.478 e. The highest BCUT2D eigenvalue weighted by molar-refractivity contribution is 6.33. The first kappa shape index (κ1) is 16.3. The fourth-order valence-electron chi connectivity index (χ4n) is 1.44. The molecule has 0 radical (unpaired) electrons. The predicted octanol–water partition coefficient (Wildman–Crippen LogP) is 2.06. The first-order chi connectivity index (χ1) is 9.31. The monoisotopic (exact) mass is 299 g/mol. The molecule has 0 bridgehead atoms. The van der Waals surface area contributed by atoms with E-state index in [9.17, 15) is 9.59 Å². The lowest BCUT2D eigenvalue weighted by atomic mass is 10.2. The van der Waals surface area contributed by atoms with Crippen LogP contribution in [0.4, 0.5) is 10.5 Å². The number of hydrogen-bond donors (Lipinski definition) is 2. The highest BCUT2D eigenvalue weighted by Gasteiger charge is 2.12. The van der Waals surface area contributed by atoms with Crippen molar-refractivity contribution in [3.8, 4) is 0 Å². The summed E-state index contributed by atoms with van der Waals surface area (Å²) < 4.78 is 0. The van der Waals surface area contributed by atoms with Crippen LogP contribution in [0.1, 0.15) is 10.4 Å². The van der Waals surface area contributed by atoms with Crippen molar-refractivity contribution in [3.63, 3.8) is 0 Å². The van der Waals surface area contributed by atoms with Gasteiger partial charge in [0.2, 0.25) is 0 Å². The molecule has 0 saturated heterocycles. The summed E-state index contributed by atoms with van der Waals surface area (Å²) in [4.78, 5) is 26.2. The number of halogens is 1. The van der Waals surface area contributed by atoms with Gasteiger partial charge in [0.15, 0.2) is 0 Å². The Hall–Kier alpha value is -1.79. The number of amides is 2. The normalized spacial score (nSPS) is 10.4. The number of nitrogens with one attached hydrogen (secondary N) is 1. The molecule has 0 aliphatic carbocycles. The number of carbonyl (C=O) groups excluding carboxylic acids is 1. The number of urea groups is 1. The molecule has 0 aromatic heterocycles. The summed E-state index contributed by atoms with van der Waals surface area (Å²) in [5.74, 6) is -1.10. The van der Waals surface area contributed by atoms with Crippen molar-refractivity contribution in [1.29, 1.82) is 0 Å². The second-order valence-corrected chi connectivity index (χ2v) is 5.06. The number of nitrogens with zero attached hydrogens (tertiary/aromatic N) is 2. The lowest BCUT2D eigenvalue weighted by Gasteiger charge is -2.20. The van der Waals surface area contributed by atoms with Crippen LogP contribution in [0.3, 0.4) is 0 Å². The lowest BCUT2D eigenvalue weighted by molar-refractivity contribution is 0.0697. The van der Waals surface area contributed by atoms with Crippen molar-refractivity contribution in [3.05, 3.63) is 28.8 Å². The molecule has 0 unspecified atom stereocenters. The van der Waals surface area contributed by atoms with E-state index in [1.807, 2.05) is 19.0 Å². The summed E-state index contributed by atoms with van der Waals surface area (Å²) >= 11 is 5.84. The van der Waals surface area contributed by atoms with Gasteiger partial charge < -0.3 is 20.2 Å². The topological polar surface area (TPSA) is 72.9 Å². The molecule has 7 heteroatoms. The fraction of sp³-hybridized carbons (Fsp3) is 0.385. The molecule has 1 aromatic rings. The Morgan fingerprint density at radius 3 is 2.40 bits per heavy atom. The summed E-state index contributed by atoms with van der Waals surface area (Å²) in [7, 11) is 5.54. The molecule has 0 aliphatic rings. The van der Waals surface area contributed by atoms with Crippen molar-refractivity contribution in [2.45, 2.75) is 0 Å². The van der Waals surface area contributed by atoms with Crippen LogP contribution in [-0.4, -0.2) is 61.1 Å². The van der Waals surface area contributed by atoms with Gasteiger partial charge in [-0.3, -0.25) is 0 Å². The number of likely N-dealkylation sites (N-methyl/N-ethyl adjacent to an activating group) is 2. The highest BCUT2D eigenvalue weighted by Crippen LogP contribution is 2.21. The maximum Gasteiger partial charge on any atom is 0.337 e. The number of anilines is 1. The Morgan fingerprint density at radius 1 is 1.25 bits per heavy atom. The van der Waals surface area contributed by atoms with E-state index in [1.165, 1.54) is 18.2 Å². The van der Waals surface area contributed by atoms with Gasteiger partial charge in [-0.1, -0.05) is 11.6 Å². The highest BCUT2D eigenvalue weighted by atomic mass is 35.5. The Balaban J connectivity index is 2.66. The number of hydrogen-bond acceptors (Lipinski definition) is 3. The van der Waals surface area contributed by atoms with Gasteiger partial charge in [0.05, 0.1) is 10.6 Å². The van der Waals surface area contributed by atoms with Crippen LogP contribution in [0.15, 0.2) is 18.2 Å². The maximum absolute atomic E-state index is 11.9. The number of benzene rings is 1. The SMILES string of the molecule is CN(C)CCN(C)C(=O)Nc1ccc(C(=O)O)c(Cl)c1. The molecule has 0 spiro atoms. The zero-order valence-corrected chi connectivity index (χ0v) is 12.4. The quantitative estimate of drug-likeness (QED) is 0.873. The van der Waals surface area contributed by atoms with Gasteiger partial charge in [-0.05, 0) is 32.3 Å². The van der Waals surface area contributed by atoms with Gasteiger partial charge in [-0.15, -0.1) is 0 Å². The average molecular weight is 300 g/mol. The second kappa shape index (κ2) is 7.12. The van der Waals surface area contributed by atoms with Gasteiger partial charge in [-0.25, -0.2) is 9.59 Å². The number of carboxylic acid groups (broad SMARTS) is 1. The van der Waals surface area contributed by atoms with Gasteiger partial charge >= 0.3 is 12.0 Å². The Bertz CT molecular complexity index is 506.